The molecule has 3 aliphatic carbocycles. The molecule has 5 nitrogen and oxygen atoms in total. The van der Waals surface area contributed by atoms with Crippen LogP contribution in [0.15, 0.2) is 40.9 Å². The maximum absolute atomic E-state index is 12.8. The zero-order chi connectivity index (χ0) is 18.8. The highest BCUT2D eigenvalue weighted by molar-refractivity contribution is 9.10. The van der Waals surface area contributed by atoms with Crippen molar-refractivity contribution in [3.05, 3.63) is 46.5 Å². The topological polar surface area (TPSA) is 66.5 Å². The van der Waals surface area contributed by atoms with Gasteiger partial charge >= 0.3 is 0 Å². The van der Waals surface area contributed by atoms with Crippen LogP contribution in [0.3, 0.4) is 0 Å². The van der Waals surface area contributed by atoms with Gasteiger partial charge in [-0.15, -0.1) is 0 Å². The van der Waals surface area contributed by atoms with Crippen LogP contribution in [0.25, 0.3) is 0 Å². The lowest BCUT2D eigenvalue weighted by Gasteiger charge is -2.43. The number of allylic oxidation sites excluding steroid dienone is 2. The van der Waals surface area contributed by atoms with E-state index in [-0.39, 0.29) is 53.5 Å². The van der Waals surface area contributed by atoms with Crippen LogP contribution in [0, 0.1) is 23.7 Å². The van der Waals surface area contributed by atoms with E-state index in [0.29, 0.717) is 0 Å². The number of hydrogen-bond acceptors (Lipinski definition) is 3. The van der Waals surface area contributed by atoms with E-state index in [1.165, 1.54) is 4.90 Å². The molecule has 0 unspecified atom stereocenters. The largest absolute Gasteiger partial charge is 0.345 e. The molecule has 2 saturated carbocycles. The van der Waals surface area contributed by atoms with Gasteiger partial charge in [0.1, 0.15) is 6.54 Å². The molecule has 3 fully saturated rings. The number of halogens is 1. The molecule has 0 aromatic heterocycles. The third kappa shape index (κ3) is 2.53. The number of nitrogens with one attached hydrogen (secondary N) is 1. The summed E-state index contributed by atoms with van der Waals surface area (Å²) < 4.78 is 0.995. The van der Waals surface area contributed by atoms with Crippen LogP contribution in [0.5, 0.6) is 0 Å². The molecule has 1 aliphatic heterocycles. The molecular weight excluding hydrogens is 408 g/mol. The quantitative estimate of drug-likeness (QED) is 0.592. The number of benzene rings is 1. The van der Waals surface area contributed by atoms with Gasteiger partial charge in [-0.2, -0.15) is 0 Å². The standard InChI is InChI=1S/C21H21BrN2O3/c22-15-6-4-14(5-7-15)21(8-1-9-21)23-16(25)11-24-19(26)17-12-2-3-13(10-12)18(17)20(24)27/h2-7,12-13,17-18H,1,8-11H2,(H,23,25)/t12-,13-,17-,18-/m0/s1. The summed E-state index contributed by atoms with van der Waals surface area (Å²) in [5, 5.41) is 3.12. The minimum atomic E-state index is -0.375. The summed E-state index contributed by atoms with van der Waals surface area (Å²) in [7, 11) is 0. The van der Waals surface area contributed by atoms with Gasteiger partial charge in [0.2, 0.25) is 17.7 Å². The van der Waals surface area contributed by atoms with Crippen molar-refractivity contribution in [2.75, 3.05) is 6.54 Å². The Morgan fingerprint density at radius 1 is 1.07 bits per heavy atom. The first kappa shape index (κ1) is 17.2. The van der Waals surface area contributed by atoms with Crippen molar-refractivity contribution in [2.45, 2.75) is 31.2 Å². The van der Waals surface area contributed by atoms with Gasteiger partial charge < -0.3 is 5.32 Å². The Morgan fingerprint density at radius 2 is 1.67 bits per heavy atom. The zero-order valence-corrected chi connectivity index (χ0v) is 16.4. The van der Waals surface area contributed by atoms with Crippen LogP contribution in [-0.4, -0.2) is 29.2 Å². The predicted octanol–water partition coefficient (Wildman–Crippen LogP) is 2.75. The molecule has 1 aromatic rings. The monoisotopic (exact) mass is 428 g/mol. The van der Waals surface area contributed by atoms with Crippen LogP contribution in [-0.2, 0) is 19.9 Å². The second-order valence-corrected chi connectivity index (χ2v) is 9.17. The lowest BCUT2D eigenvalue weighted by atomic mass is 9.72. The number of likely N-dealkylation sites (tertiary alicyclic amines) is 1. The molecule has 4 aliphatic rings. The number of amides is 3. The van der Waals surface area contributed by atoms with Gasteiger partial charge in [0.25, 0.3) is 0 Å². The Kier molecular flexibility index (Phi) is 3.83. The van der Waals surface area contributed by atoms with Crippen molar-refractivity contribution in [3.63, 3.8) is 0 Å². The summed E-state index contributed by atoms with van der Waals surface area (Å²) in [4.78, 5) is 39.5. The van der Waals surface area contributed by atoms with E-state index in [1.54, 1.807) is 0 Å². The maximum Gasteiger partial charge on any atom is 0.240 e. The third-order valence-electron chi connectivity index (χ3n) is 6.85. The molecule has 1 saturated heterocycles. The van der Waals surface area contributed by atoms with Crippen molar-refractivity contribution in [3.8, 4) is 0 Å². The van der Waals surface area contributed by atoms with Crippen molar-refractivity contribution in [1.29, 1.82) is 0 Å². The van der Waals surface area contributed by atoms with Gasteiger partial charge in [-0.05, 0) is 55.2 Å². The Morgan fingerprint density at radius 3 is 2.19 bits per heavy atom. The molecule has 4 atom stereocenters. The van der Waals surface area contributed by atoms with Crippen molar-refractivity contribution in [1.82, 2.24) is 10.2 Å². The number of imide groups is 1. The van der Waals surface area contributed by atoms with Crippen LogP contribution >= 0.6 is 15.9 Å². The summed E-state index contributed by atoms with van der Waals surface area (Å²) in [6.45, 7) is -0.164. The average molecular weight is 429 g/mol. The van der Waals surface area contributed by atoms with Crippen LogP contribution in [0.4, 0.5) is 0 Å². The molecular formula is C21H21BrN2O3. The lowest BCUT2D eigenvalue weighted by Crippen LogP contribution is -2.54. The Labute approximate surface area is 166 Å². The summed E-state index contributed by atoms with van der Waals surface area (Å²) >= 11 is 3.44. The van der Waals surface area contributed by atoms with E-state index >= 15 is 0 Å². The van der Waals surface area contributed by atoms with E-state index < -0.39 is 0 Å². The number of fused-ring (bicyclic) bond motifs is 5. The molecule has 3 amide bonds. The average Bonchev–Trinajstić information content (AvgIpc) is 3.29. The zero-order valence-electron chi connectivity index (χ0n) is 14.9. The fourth-order valence-corrected chi connectivity index (χ4v) is 5.62. The fourth-order valence-electron chi connectivity index (χ4n) is 5.36. The number of nitrogens with zero attached hydrogens (tertiary/aromatic N) is 1. The molecule has 1 N–H and O–H groups in total. The van der Waals surface area contributed by atoms with Crippen LogP contribution in [0.2, 0.25) is 0 Å². The molecule has 0 spiro atoms. The van der Waals surface area contributed by atoms with E-state index in [9.17, 15) is 14.4 Å². The van der Waals surface area contributed by atoms with E-state index in [0.717, 1.165) is 35.7 Å². The molecule has 0 radical (unpaired) electrons. The summed E-state index contributed by atoms with van der Waals surface area (Å²) in [5.74, 6) is -0.726. The fraction of sp³-hybridized carbons (Fsp3) is 0.476. The summed E-state index contributed by atoms with van der Waals surface area (Å²) in [6.07, 6.45) is 7.84. The van der Waals surface area contributed by atoms with E-state index in [1.807, 2.05) is 24.3 Å². The maximum atomic E-state index is 12.8. The van der Waals surface area contributed by atoms with Crippen molar-refractivity contribution >= 4 is 33.7 Å². The van der Waals surface area contributed by atoms with Gasteiger partial charge in [-0.1, -0.05) is 40.2 Å². The van der Waals surface area contributed by atoms with Crippen molar-refractivity contribution in [2.24, 2.45) is 23.7 Å². The molecule has 5 rings (SSSR count). The highest BCUT2D eigenvalue weighted by atomic mass is 79.9. The summed E-state index contributed by atoms with van der Waals surface area (Å²) in [6, 6.07) is 7.98. The molecule has 27 heavy (non-hydrogen) atoms. The van der Waals surface area contributed by atoms with E-state index in [2.05, 4.69) is 33.4 Å². The van der Waals surface area contributed by atoms with Gasteiger partial charge in [0.15, 0.2) is 0 Å². The minimum Gasteiger partial charge on any atom is -0.345 e. The SMILES string of the molecule is O=C(CN1C(=O)[C@@H]2[C@@H](C1=O)[C@H]1C=C[C@H]2C1)NC1(c2ccc(Br)cc2)CCC1. The number of carbonyl (C=O) groups is 3. The normalized spacial score (nSPS) is 32.6. The Balaban J connectivity index is 1.30. The van der Waals surface area contributed by atoms with Gasteiger partial charge in [-0.25, -0.2) is 0 Å². The first-order chi connectivity index (χ1) is 13.0. The van der Waals surface area contributed by atoms with Gasteiger partial charge in [0.05, 0.1) is 17.4 Å². The first-order valence-electron chi connectivity index (χ1n) is 9.59. The van der Waals surface area contributed by atoms with E-state index in [4.69, 9.17) is 0 Å². The number of hydrogen-bond donors (Lipinski definition) is 1. The van der Waals surface area contributed by atoms with Crippen molar-refractivity contribution < 1.29 is 14.4 Å². The Hall–Kier alpha value is -1.95. The third-order valence-corrected chi connectivity index (χ3v) is 7.37. The minimum absolute atomic E-state index is 0.164. The highest BCUT2D eigenvalue weighted by Gasteiger charge is 2.59. The number of rotatable bonds is 4. The summed E-state index contributed by atoms with van der Waals surface area (Å²) in [5.41, 5.74) is 0.698. The second-order valence-electron chi connectivity index (χ2n) is 8.25. The second kappa shape index (κ2) is 6.03. The van der Waals surface area contributed by atoms with Crippen LogP contribution < -0.4 is 5.32 Å². The van der Waals surface area contributed by atoms with Gasteiger partial charge in [-0.3, -0.25) is 19.3 Å². The molecule has 2 bridgehead atoms. The van der Waals surface area contributed by atoms with Gasteiger partial charge in [0, 0.05) is 4.47 Å². The van der Waals surface area contributed by atoms with Crippen LogP contribution in [0.1, 0.15) is 31.2 Å². The highest BCUT2D eigenvalue weighted by Crippen LogP contribution is 2.52. The smallest absolute Gasteiger partial charge is 0.240 e. The Bertz CT molecular complexity index is 829. The molecule has 6 heteroatoms. The molecule has 1 aromatic carbocycles. The predicted molar refractivity (Wildman–Crippen MR) is 102 cm³/mol. The molecule has 1 heterocycles. The molecule has 140 valence electrons. The first-order valence-corrected chi connectivity index (χ1v) is 10.4. The number of carbonyl (C=O) groups excluding carboxylic acids is 3. The lowest BCUT2D eigenvalue weighted by molar-refractivity contribution is -0.145.